The molecular weight excluding hydrogens is 981 g/mol. The Morgan fingerprint density at radius 2 is 1.52 bits per heavy atom. The molecule has 66 heavy (non-hydrogen) atoms. The van der Waals surface area contributed by atoms with Crippen LogP contribution in [0.3, 0.4) is 0 Å². The van der Waals surface area contributed by atoms with E-state index >= 15 is 0 Å². The number of aryl methyl sites for hydroxylation is 3. The van der Waals surface area contributed by atoms with Crippen molar-refractivity contribution in [3.05, 3.63) is 178 Å². The molecule has 4 heteroatoms. The van der Waals surface area contributed by atoms with Gasteiger partial charge in [-0.25, -0.2) is 0 Å². The molecule has 1 aliphatic carbocycles. The molecule has 1 radical (unpaired) electrons. The van der Waals surface area contributed by atoms with E-state index in [1.54, 1.807) is 30.3 Å². The second kappa shape index (κ2) is 20.0. The minimum atomic E-state index is -2.56. The van der Waals surface area contributed by atoms with Gasteiger partial charge in [0.25, 0.3) is 0 Å². The summed E-state index contributed by atoms with van der Waals surface area (Å²) in [6, 6.07) is 36.6. The van der Waals surface area contributed by atoms with Crippen LogP contribution in [0.4, 0.5) is 0 Å². The molecule has 3 nitrogen and oxygen atoms in total. The molecule has 1 saturated carbocycles. The molecule has 5 aromatic carbocycles. The fourth-order valence-corrected chi connectivity index (χ4v) is 9.00. The zero-order valence-electron chi connectivity index (χ0n) is 50.7. The van der Waals surface area contributed by atoms with Crippen LogP contribution in [0.15, 0.2) is 120 Å². The van der Waals surface area contributed by atoms with Crippen molar-refractivity contribution >= 4 is 21.9 Å². The molecule has 9 rings (SSSR count). The second-order valence-corrected chi connectivity index (χ2v) is 20.1. The summed E-state index contributed by atoms with van der Waals surface area (Å²) in [4.78, 5) is 9.09. The maximum Gasteiger partial charge on any atom is 0.120 e. The van der Waals surface area contributed by atoms with Gasteiger partial charge in [0.15, 0.2) is 0 Å². The van der Waals surface area contributed by atoms with Crippen molar-refractivity contribution in [2.45, 2.75) is 138 Å². The van der Waals surface area contributed by atoms with Gasteiger partial charge in [0.1, 0.15) is 5.58 Å². The van der Waals surface area contributed by atoms with E-state index < -0.39 is 26.4 Å². The minimum absolute atomic E-state index is 0. The number of benzene rings is 5. The number of furan rings is 1. The summed E-state index contributed by atoms with van der Waals surface area (Å²) in [6.45, 7) is 12.2. The van der Waals surface area contributed by atoms with E-state index in [9.17, 15) is 1.37 Å². The Balaban J connectivity index is 0.000000232. The molecule has 3 aromatic heterocycles. The predicted octanol–water partition coefficient (Wildman–Crippen LogP) is 17.4. The van der Waals surface area contributed by atoms with Gasteiger partial charge in [-0.05, 0) is 148 Å². The minimum Gasteiger partial charge on any atom is -0.501 e. The van der Waals surface area contributed by atoms with Crippen molar-refractivity contribution in [3.63, 3.8) is 0 Å². The number of aromatic nitrogens is 2. The number of hydrogen-bond acceptors (Lipinski definition) is 3. The summed E-state index contributed by atoms with van der Waals surface area (Å²) < 4.78 is 98.6. The molecule has 0 amide bonds. The molecular formula is C62H68IrN2O-2. The fourth-order valence-electron chi connectivity index (χ4n) is 9.00. The molecule has 3 heterocycles. The van der Waals surface area contributed by atoms with Crippen molar-refractivity contribution in [2.24, 2.45) is 5.41 Å². The maximum absolute atomic E-state index is 9.21. The average molecular weight is 1060 g/mol. The third-order valence-corrected chi connectivity index (χ3v) is 13.1. The Morgan fingerprint density at radius 3 is 2.21 bits per heavy atom. The number of para-hydroxylation sites is 1. The number of hydrogen-bond donors (Lipinski definition) is 0. The van der Waals surface area contributed by atoms with E-state index in [1.807, 2.05) is 48.7 Å². The normalized spacial score (nSPS) is 17.6. The second-order valence-electron chi connectivity index (χ2n) is 20.1. The van der Waals surface area contributed by atoms with Crippen LogP contribution in [0.1, 0.15) is 171 Å². The number of pyridine rings is 2. The van der Waals surface area contributed by atoms with Crippen LogP contribution < -0.4 is 0 Å². The number of nitrogens with zero attached hydrogens (tertiary/aromatic N) is 2. The van der Waals surface area contributed by atoms with Crippen molar-refractivity contribution in [2.75, 3.05) is 0 Å². The van der Waals surface area contributed by atoms with Crippen molar-refractivity contribution in [3.8, 4) is 33.6 Å². The third kappa shape index (κ3) is 10.5. The first-order valence-electron chi connectivity index (χ1n) is 28.5. The van der Waals surface area contributed by atoms with Crippen molar-refractivity contribution in [1.29, 1.82) is 0 Å². The fraction of sp³-hybridized carbons (Fsp3) is 0.355. The zero-order chi connectivity index (χ0) is 55.5. The van der Waals surface area contributed by atoms with Crippen LogP contribution in [-0.4, -0.2) is 9.97 Å². The van der Waals surface area contributed by atoms with Gasteiger partial charge in [-0.1, -0.05) is 152 Å². The molecule has 1 fully saturated rings. The predicted molar refractivity (Wildman–Crippen MR) is 275 cm³/mol. The van der Waals surface area contributed by atoms with E-state index in [0.717, 1.165) is 57.1 Å². The summed E-state index contributed by atoms with van der Waals surface area (Å²) in [5, 5.41) is 1.81. The first kappa shape index (κ1) is 36.0. The smallest absolute Gasteiger partial charge is 0.120 e. The van der Waals surface area contributed by atoms with Crippen LogP contribution in [0.25, 0.3) is 55.6 Å². The van der Waals surface area contributed by atoms with E-state index in [0.29, 0.717) is 52.0 Å². The van der Waals surface area contributed by atoms with Crippen LogP contribution >= 0.6 is 0 Å². The van der Waals surface area contributed by atoms with Gasteiger partial charge in [0.2, 0.25) is 0 Å². The number of fused-ring (bicyclic) bond motifs is 3. The zero-order valence-corrected chi connectivity index (χ0v) is 42.1. The summed E-state index contributed by atoms with van der Waals surface area (Å²) >= 11 is 0. The summed E-state index contributed by atoms with van der Waals surface area (Å²) in [5.41, 5.74) is 10.7. The van der Waals surface area contributed by atoms with Gasteiger partial charge < -0.3 is 14.4 Å². The molecule has 0 atom stereocenters. The molecule has 0 N–H and O–H groups in total. The summed E-state index contributed by atoms with van der Waals surface area (Å²) in [5.74, 6) is -0.440. The average Bonchev–Trinajstić information content (AvgIpc) is 3.81. The quantitative estimate of drug-likeness (QED) is 0.142. The standard InChI is InChI=1S/C34H34NO.C28H34N.Ir/c1-22-18-26(24-14-16-34(3,4)17-15-24)13-12-25(22)19-27-20-31(35-21-23(27)2)30-10-7-9-29-28-8-5-6-11-32(28)36-33(29)30;1-18(2)23-10-9-11-24(19(3)4)27(23)25-16-21(13-12-20(25)5)26-17-22(14-15-29-26)28(6,7)8;/h5-9,11-13,18,20-21,24H,14-17,19H2,1-4H3;9-12,14-19H,1-8H3;/q2*-1;/i1D3,2D3,12D,24D;5D3;. The number of rotatable bonds is 8. The van der Waals surface area contributed by atoms with E-state index in [2.05, 4.69) is 109 Å². The molecule has 8 aromatic rings. The van der Waals surface area contributed by atoms with E-state index in [-0.39, 0.29) is 71.9 Å². The van der Waals surface area contributed by atoms with E-state index in [4.69, 9.17) is 18.1 Å². The van der Waals surface area contributed by atoms with Gasteiger partial charge in [0.05, 0.1) is 6.95 Å². The molecule has 0 spiro atoms. The van der Waals surface area contributed by atoms with Gasteiger partial charge in [-0.2, -0.15) is 0 Å². The summed E-state index contributed by atoms with van der Waals surface area (Å²) in [6.07, 6.45) is 5.88. The van der Waals surface area contributed by atoms with Gasteiger partial charge in [0, 0.05) is 51.6 Å². The largest absolute Gasteiger partial charge is 0.501 e. The molecule has 0 bridgehead atoms. The van der Waals surface area contributed by atoms with Gasteiger partial charge in [-0.3, -0.25) is 0 Å². The van der Waals surface area contributed by atoms with Crippen LogP contribution in [0.5, 0.6) is 0 Å². The molecule has 0 saturated heterocycles. The summed E-state index contributed by atoms with van der Waals surface area (Å²) in [7, 11) is 0. The molecule has 0 unspecified atom stereocenters. The molecule has 343 valence electrons. The topological polar surface area (TPSA) is 38.9 Å². The Bertz CT molecular complexity index is 3400. The Labute approximate surface area is 424 Å². The van der Waals surface area contributed by atoms with Gasteiger partial charge in [-0.15, -0.1) is 47.5 Å². The van der Waals surface area contributed by atoms with E-state index in [1.165, 1.54) is 11.8 Å². The SMILES string of the molecule is [2H]C([2H])([2H])c1c[c-]c(-c2cc(C(C)(C)C)ccn2)cc1-c1c(C(C)C)cccc1C(C)C.[2H]c1cc(C2([2H])CCC(C)(C)CC2)cc(C([2H])([2H])[2H])c1Cc1cc(-c2[c-]ccc3c2oc2ccccc23)ncc1C([2H])([2H])[2H].[Ir]. The Hall–Kier alpha value is -5.15. The Morgan fingerprint density at radius 1 is 0.788 bits per heavy atom. The Kier molecular flexibility index (Phi) is 10.9. The van der Waals surface area contributed by atoms with Crippen LogP contribution in [-0.2, 0) is 31.9 Å². The first-order chi connectivity index (χ1) is 35.4. The monoisotopic (exact) mass is 1060 g/mol. The molecule has 0 aliphatic heterocycles. The van der Waals surface area contributed by atoms with Gasteiger partial charge >= 0.3 is 0 Å². The maximum atomic E-state index is 9.21. The van der Waals surface area contributed by atoms with Crippen molar-refractivity contribution in [1.82, 2.24) is 9.97 Å². The van der Waals surface area contributed by atoms with Crippen molar-refractivity contribution < 1.29 is 39.6 Å². The van der Waals surface area contributed by atoms with Crippen LogP contribution in [0.2, 0.25) is 0 Å². The van der Waals surface area contributed by atoms with Crippen LogP contribution in [0, 0.1) is 38.1 Å². The third-order valence-electron chi connectivity index (χ3n) is 13.1. The first-order valence-corrected chi connectivity index (χ1v) is 23.0. The molecule has 1 aliphatic rings.